The third-order valence-electron chi connectivity index (χ3n) is 1.50. The Morgan fingerprint density at radius 2 is 2.29 bits per heavy atom. The van der Waals surface area contributed by atoms with Gasteiger partial charge in [0.2, 0.25) is 11.0 Å². The lowest BCUT2D eigenvalue weighted by molar-refractivity contribution is -0.119. The third kappa shape index (κ3) is 3.69. The molecule has 0 radical (unpaired) electrons. The van der Waals surface area contributed by atoms with Gasteiger partial charge in [-0.2, -0.15) is 0 Å². The van der Waals surface area contributed by atoms with Crippen LogP contribution in [0.4, 0.5) is 5.13 Å². The van der Waals surface area contributed by atoms with Crippen LogP contribution in [0.2, 0.25) is 0 Å². The highest BCUT2D eigenvalue weighted by Gasteiger charge is 2.02. The highest BCUT2D eigenvalue weighted by atomic mass is 32.1. The van der Waals surface area contributed by atoms with E-state index in [4.69, 9.17) is 0 Å². The number of hydrogen-bond donors (Lipinski definition) is 2. The first-order chi connectivity index (χ1) is 6.72. The second-order valence-corrected chi connectivity index (χ2v) is 4.01. The number of aromatic nitrogens is 2. The molecule has 0 aliphatic carbocycles. The number of hydrogen-bond acceptors (Lipinski definition) is 5. The summed E-state index contributed by atoms with van der Waals surface area (Å²) in [5.41, 5.74) is 0. The van der Waals surface area contributed by atoms with E-state index >= 15 is 0 Å². The van der Waals surface area contributed by atoms with E-state index in [0.29, 0.717) is 5.13 Å². The lowest BCUT2D eigenvalue weighted by Crippen LogP contribution is -2.30. The second-order valence-electron chi connectivity index (χ2n) is 2.83. The average molecular weight is 214 g/mol. The summed E-state index contributed by atoms with van der Waals surface area (Å²) in [6.07, 6.45) is 0.948. The van der Waals surface area contributed by atoms with Crippen molar-refractivity contribution in [2.45, 2.75) is 20.3 Å². The fourth-order valence-electron chi connectivity index (χ4n) is 0.851. The normalized spacial score (nSPS) is 9.86. The maximum absolute atomic E-state index is 11.2. The van der Waals surface area contributed by atoms with E-state index in [1.165, 1.54) is 11.3 Å². The van der Waals surface area contributed by atoms with Crippen molar-refractivity contribution >= 4 is 22.4 Å². The Bertz CT molecular complexity index is 299. The molecule has 0 bridgehead atoms. The summed E-state index contributed by atoms with van der Waals surface area (Å²) in [5.74, 6) is -0.0142. The van der Waals surface area contributed by atoms with Crippen molar-refractivity contribution in [3.8, 4) is 0 Å². The summed E-state index contributed by atoms with van der Waals surface area (Å²) in [6.45, 7) is 4.87. The van der Waals surface area contributed by atoms with Crippen LogP contribution >= 0.6 is 11.3 Å². The van der Waals surface area contributed by atoms with Gasteiger partial charge >= 0.3 is 0 Å². The van der Waals surface area contributed by atoms with Gasteiger partial charge in [0.1, 0.15) is 5.01 Å². The summed E-state index contributed by atoms with van der Waals surface area (Å²) in [6, 6.07) is 0. The number of rotatable bonds is 5. The van der Waals surface area contributed by atoms with Crippen LogP contribution in [0.25, 0.3) is 0 Å². The summed E-state index contributed by atoms with van der Waals surface area (Å²) in [7, 11) is 0. The Morgan fingerprint density at radius 1 is 1.50 bits per heavy atom. The highest BCUT2D eigenvalue weighted by Crippen LogP contribution is 2.12. The quantitative estimate of drug-likeness (QED) is 0.760. The van der Waals surface area contributed by atoms with E-state index in [0.717, 1.165) is 18.0 Å². The molecule has 0 unspecified atom stereocenters. The molecule has 0 spiro atoms. The molecule has 0 aromatic carbocycles. The predicted octanol–water partition coefficient (Wildman–Crippen LogP) is 0.785. The van der Waals surface area contributed by atoms with E-state index in [9.17, 15) is 4.79 Å². The first kappa shape index (κ1) is 10.9. The van der Waals surface area contributed by atoms with Crippen LogP contribution in [0.1, 0.15) is 18.4 Å². The molecular weight excluding hydrogens is 200 g/mol. The molecule has 0 aliphatic heterocycles. The molecule has 0 saturated carbocycles. The van der Waals surface area contributed by atoms with Crippen LogP contribution in [-0.4, -0.2) is 29.2 Å². The van der Waals surface area contributed by atoms with Gasteiger partial charge in [0.15, 0.2) is 0 Å². The lowest BCUT2D eigenvalue weighted by Gasteiger charge is -2.02. The van der Waals surface area contributed by atoms with Crippen molar-refractivity contribution in [2.24, 2.45) is 0 Å². The first-order valence-electron chi connectivity index (χ1n) is 4.53. The molecule has 6 heteroatoms. The zero-order valence-corrected chi connectivity index (χ0v) is 9.15. The van der Waals surface area contributed by atoms with Gasteiger partial charge in [-0.05, 0) is 13.3 Å². The Balaban J connectivity index is 2.23. The second kappa shape index (κ2) is 5.54. The van der Waals surface area contributed by atoms with E-state index in [1.807, 2.05) is 13.8 Å². The van der Waals surface area contributed by atoms with Crippen molar-refractivity contribution in [2.75, 3.05) is 18.4 Å². The van der Waals surface area contributed by atoms with Gasteiger partial charge in [0, 0.05) is 6.54 Å². The van der Waals surface area contributed by atoms with Gasteiger partial charge < -0.3 is 10.6 Å². The van der Waals surface area contributed by atoms with Crippen molar-refractivity contribution in [3.05, 3.63) is 5.01 Å². The van der Waals surface area contributed by atoms with Crippen LogP contribution in [0.3, 0.4) is 0 Å². The highest BCUT2D eigenvalue weighted by molar-refractivity contribution is 7.15. The molecule has 1 aromatic heterocycles. The molecule has 78 valence electrons. The van der Waals surface area contributed by atoms with Gasteiger partial charge in [0.25, 0.3) is 0 Å². The minimum Gasteiger partial charge on any atom is -0.355 e. The fraction of sp³-hybridized carbons (Fsp3) is 0.625. The molecule has 2 N–H and O–H groups in total. The van der Waals surface area contributed by atoms with Crippen molar-refractivity contribution < 1.29 is 4.79 Å². The molecule has 0 atom stereocenters. The third-order valence-corrected chi connectivity index (χ3v) is 2.29. The molecule has 1 heterocycles. The lowest BCUT2D eigenvalue weighted by atomic mass is 10.4. The summed E-state index contributed by atoms with van der Waals surface area (Å²) < 4.78 is 0. The average Bonchev–Trinajstić information content (AvgIpc) is 2.58. The van der Waals surface area contributed by atoms with Gasteiger partial charge in [0.05, 0.1) is 6.54 Å². The number of carbonyl (C=O) groups excluding carboxylic acids is 1. The smallest absolute Gasteiger partial charge is 0.239 e. The molecule has 1 rings (SSSR count). The van der Waals surface area contributed by atoms with Crippen molar-refractivity contribution in [1.29, 1.82) is 0 Å². The monoisotopic (exact) mass is 214 g/mol. The summed E-state index contributed by atoms with van der Waals surface area (Å²) in [5, 5.41) is 14.9. The largest absolute Gasteiger partial charge is 0.355 e. The van der Waals surface area contributed by atoms with Gasteiger partial charge in [-0.3, -0.25) is 4.79 Å². The van der Waals surface area contributed by atoms with Gasteiger partial charge in [-0.25, -0.2) is 0 Å². The molecule has 0 fully saturated rings. The minimum atomic E-state index is -0.0142. The topological polar surface area (TPSA) is 66.9 Å². The Kier molecular flexibility index (Phi) is 4.31. The molecule has 5 nitrogen and oxygen atoms in total. The number of aryl methyl sites for hydroxylation is 1. The Labute approximate surface area is 86.9 Å². The molecule has 0 saturated heterocycles. The molecule has 1 aromatic rings. The zero-order chi connectivity index (χ0) is 10.4. The number of nitrogens with zero attached hydrogens (tertiary/aromatic N) is 2. The van der Waals surface area contributed by atoms with Crippen LogP contribution in [0.15, 0.2) is 0 Å². The summed E-state index contributed by atoms with van der Waals surface area (Å²) in [4.78, 5) is 11.2. The van der Waals surface area contributed by atoms with Crippen molar-refractivity contribution in [1.82, 2.24) is 15.5 Å². The Morgan fingerprint density at radius 3 is 2.86 bits per heavy atom. The molecular formula is C8H14N4OS. The number of nitrogens with one attached hydrogen (secondary N) is 2. The van der Waals surface area contributed by atoms with E-state index < -0.39 is 0 Å². The summed E-state index contributed by atoms with van der Waals surface area (Å²) >= 11 is 1.44. The van der Waals surface area contributed by atoms with E-state index in [1.54, 1.807) is 0 Å². The van der Waals surface area contributed by atoms with Crippen LogP contribution in [-0.2, 0) is 4.79 Å². The van der Waals surface area contributed by atoms with Crippen LogP contribution < -0.4 is 10.6 Å². The Hall–Kier alpha value is -1.17. The van der Waals surface area contributed by atoms with E-state index in [-0.39, 0.29) is 12.5 Å². The SMILES string of the molecule is CCCNC(=O)CNc1nnc(C)s1. The molecule has 0 aliphatic rings. The fourth-order valence-corrected chi connectivity index (χ4v) is 1.44. The molecule has 14 heavy (non-hydrogen) atoms. The predicted molar refractivity (Wildman–Crippen MR) is 56.4 cm³/mol. The maximum Gasteiger partial charge on any atom is 0.239 e. The molecule has 1 amide bonds. The van der Waals surface area contributed by atoms with Crippen molar-refractivity contribution in [3.63, 3.8) is 0 Å². The maximum atomic E-state index is 11.2. The van der Waals surface area contributed by atoms with Gasteiger partial charge in [-0.1, -0.05) is 18.3 Å². The van der Waals surface area contributed by atoms with E-state index in [2.05, 4.69) is 20.8 Å². The standard InChI is InChI=1S/C8H14N4OS/c1-3-4-9-7(13)5-10-8-12-11-6(2)14-8/h3-5H2,1-2H3,(H,9,13)(H,10,12). The number of anilines is 1. The number of amides is 1. The number of carbonyl (C=O) groups is 1. The van der Waals surface area contributed by atoms with Crippen LogP contribution in [0.5, 0.6) is 0 Å². The van der Waals surface area contributed by atoms with Crippen LogP contribution in [0, 0.1) is 6.92 Å². The zero-order valence-electron chi connectivity index (χ0n) is 8.33. The first-order valence-corrected chi connectivity index (χ1v) is 5.34. The minimum absolute atomic E-state index is 0.0142. The van der Waals surface area contributed by atoms with Gasteiger partial charge in [-0.15, -0.1) is 10.2 Å².